The Balaban J connectivity index is 0. The molecular weight excluding hydrogens is 624 g/mol. The molecule has 2 unspecified atom stereocenters. The molecule has 49 heavy (non-hydrogen) atoms. The van der Waals surface area contributed by atoms with Crippen molar-refractivity contribution in [3.63, 3.8) is 0 Å². The highest BCUT2D eigenvalue weighted by Gasteiger charge is 2.54. The molecule has 11 nitrogen and oxygen atoms in total. The van der Waals surface area contributed by atoms with Crippen LogP contribution < -0.4 is 16.4 Å². The summed E-state index contributed by atoms with van der Waals surface area (Å²) in [4.78, 5) is 67.9. The number of hydrogen-bond donors (Lipinski definition) is 3. The fraction of sp³-hybridized carbons (Fsp3) is 0.816. The maximum absolute atomic E-state index is 13.9. The lowest BCUT2D eigenvalue weighted by Gasteiger charge is -2.33. The number of nitrogens with one attached hydrogen (secondary N) is 2. The van der Waals surface area contributed by atoms with Crippen molar-refractivity contribution in [1.82, 2.24) is 15.5 Å². The molecule has 4 N–H and O–H groups in total. The molecule has 0 aromatic carbocycles. The average molecular weight is 697 g/mol. The fourth-order valence-corrected chi connectivity index (χ4v) is 5.68. The lowest BCUT2D eigenvalue weighted by atomic mass is 9.82. The first-order chi connectivity index (χ1) is 23.1. The molecule has 0 aromatic heterocycles. The van der Waals surface area contributed by atoms with E-state index >= 15 is 0 Å². The zero-order chi connectivity index (χ0) is 38.4. The van der Waals surface area contributed by atoms with Crippen molar-refractivity contribution in [2.24, 2.45) is 23.5 Å². The molecule has 3 atom stereocenters. The molecule has 1 heterocycles. The molecule has 3 amide bonds. The average Bonchev–Trinajstić information content (AvgIpc) is 3.65. The molecule has 2 aliphatic rings. The van der Waals surface area contributed by atoms with Gasteiger partial charge in [0.25, 0.3) is 0 Å². The van der Waals surface area contributed by atoms with Gasteiger partial charge in [0.05, 0.1) is 12.3 Å². The summed E-state index contributed by atoms with van der Waals surface area (Å²) in [6.07, 6.45) is 8.00. The first-order valence-corrected chi connectivity index (χ1v) is 18.6. The maximum Gasteiger partial charge on any atom is 0.332 e. The third-order valence-corrected chi connectivity index (χ3v) is 7.94. The zero-order valence-corrected chi connectivity index (χ0v) is 33.0. The van der Waals surface area contributed by atoms with E-state index in [1.165, 1.54) is 24.4 Å². The molecule has 1 saturated carbocycles. The quantitative estimate of drug-likeness (QED) is 0.130. The van der Waals surface area contributed by atoms with Crippen molar-refractivity contribution in [2.75, 3.05) is 20.2 Å². The van der Waals surface area contributed by atoms with E-state index in [4.69, 9.17) is 9.47 Å². The second-order valence-electron chi connectivity index (χ2n) is 13.8. The lowest BCUT2D eigenvalue weighted by molar-refractivity contribution is -0.158. The molecule has 1 aliphatic carbocycles. The first kappa shape index (κ1) is 48.2. The molecule has 0 aromatic rings. The SMILES string of the molecule is C=CCOC(=O)C1(NC(=O)C2CCCN2C(=O)C(NC(=O)[C@@H](CC(=O)OC(C)(C)C)C(CCC)CCC)C(C)C)CC1.CC.CCC.CN. The second kappa shape index (κ2) is 25.1. The van der Waals surface area contributed by atoms with Crippen LogP contribution >= 0.6 is 0 Å². The highest BCUT2D eigenvalue weighted by molar-refractivity contribution is 5.96. The summed E-state index contributed by atoms with van der Waals surface area (Å²) in [5, 5.41) is 5.80. The van der Waals surface area contributed by atoms with Gasteiger partial charge in [0.15, 0.2) is 0 Å². The van der Waals surface area contributed by atoms with Crippen LogP contribution in [0, 0.1) is 17.8 Å². The summed E-state index contributed by atoms with van der Waals surface area (Å²) >= 11 is 0. The molecule has 286 valence electrons. The van der Waals surface area contributed by atoms with Gasteiger partial charge in [-0.1, -0.05) is 87.3 Å². The molecule has 11 heteroatoms. The van der Waals surface area contributed by atoms with Crippen molar-refractivity contribution in [2.45, 2.75) is 164 Å². The highest BCUT2D eigenvalue weighted by Crippen LogP contribution is 2.37. The standard InChI is InChI=1S/C32H53N3O7.C3H8.C2H6.CH5N/c1-9-13-22(14-10-2)23(20-25(36)42-31(6,7)8)27(37)33-26(21(4)5)29(39)35-18-12-15-24(35)28(38)34-32(16-17-32)30(40)41-19-11-3;1-3-2;2*1-2/h11,21-24,26H,3,9-10,12-20H2,1-2,4-8H3,(H,33,37)(H,34,38);3H2,1-2H3;1-2H3;2H2,1H3/t23-,24?,26?;;;/m0.../s1. The van der Waals surface area contributed by atoms with Gasteiger partial charge < -0.3 is 30.7 Å². The van der Waals surface area contributed by atoms with Crippen LogP contribution in [0.3, 0.4) is 0 Å². The third-order valence-electron chi connectivity index (χ3n) is 7.94. The van der Waals surface area contributed by atoms with Gasteiger partial charge in [-0.3, -0.25) is 19.2 Å². The van der Waals surface area contributed by atoms with E-state index < -0.39 is 47.0 Å². The number of rotatable bonds is 16. The number of esters is 2. The number of ether oxygens (including phenoxy) is 2. The van der Waals surface area contributed by atoms with E-state index in [0.29, 0.717) is 32.2 Å². The predicted octanol–water partition coefficient (Wildman–Crippen LogP) is 6.08. The van der Waals surface area contributed by atoms with E-state index in [2.05, 4.69) is 50.6 Å². The van der Waals surface area contributed by atoms with Crippen molar-refractivity contribution >= 4 is 29.7 Å². The van der Waals surface area contributed by atoms with E-state index in [1.54, 1.807) is 20.8 Å². The summed E-state index contributed by atoms with van der Waals surface area (Å²) in [6.45, 7) is 25.4. The second-order valence-corrected chi connectivity index (χ2v) is 13.8. The summed E-state index contributed by atoms with van der Waals surface area (Å²) in [7, 11) is 1.50. The topological polar surface area (TPSA) is 157 Å². The van der Waals surface area contributed by atoms with Crippen molar-refractivity contribution in [1.29, 1.82) is 0 Å². The number of hydrogen-bond acceptors (Lipinski definition) is 8. The number of carbonyl (C=O) groups excluding carboxylic acids is 5. The molecule has 1 saturated heterocycles. The van der Waals surface area contributed by atoms with Crippen molar-refractivity contribution in [3.8, 4) is 0 Å². The van der Waals surface area contributed by atoms with E-state index in [-0.39, 0.29) is 36.7 Å². The third kappa shape index (κ3) is 17.0. The van der Waals surface area contributed by atoms with Crippen LogP contribution in [-0.2, 0) is 33.4 Å². The Hall–Kier alpha value is -2.95. The molecule has 2 rings (SSSR count). The zero-order valence-electron chi connectivity index (χ0n) is 33.0. The smallest absolute Gasteiger partial charge is 0.332 e. The Kier molecular flexibility index (Phi) is 24.6. The van der Waals surface area contributed by atoms with E-state index in [0.717, 1.165) is 25.7 Å². The largest absolute Gasteiger partial charge is 0.460 e. The van der Waals surface area contributed by atoms with Crippen LogP contribution in [0.4, 0.5) is 0 Å². The van der Waals surface area contributed by atoms with Crippen LogP contribution in [-0.4, -0.2) is 78.0 Å². The van der Waals surface area contributed by atoms with Gasteiger partial charge in [-0.2, -0.15) is 0 Å². The molecule has 1 aliphatic heterocycles. The van der Waals surface area contributed by atoms with Crippen LogP contribution in [0.25, 0.3) is 0 Å². The van der Waals surface area contributed by atoms with Gasteiger partial charge in [0, 0.05) is 6.54 Å². The number of nitrogens with zero attached hydrogens (tertiary/aromatic N) is 1. The maximum atomic E-state index is 13.9. The van der Waals surface area contributed by atoms with Gasteiger partial charge in [-0.15, -0.1) is 0 Å². The Morgan fingerprint density at radius 2 is 1.53 bits per heavy atom. The molecule has 0 spiro atoms. The molecule has 0 radical (unpaired) electrons. The van der Waals surface area contributed by atoms with Crippen molar-refractivity contribution < 1.29 is 33.4 Å². The van der Waals surface area contributed by atoms with Crippen molar-refractivity contribution in [3.05, 3.63) is 12.7 Å². The van der Waals surface area contributed by atoms with Gasteiger partial charge in [-0.05, 0) is 78.2 Å². The number of amides is 3. The number of nitrogens with two attached hydrogens (primary N) is 1. The first-order valence-electron chi connectivity index (χ1n) is 18.6. The predicted molar refractivity (Wildman–Crippen MR) is 197 cm³/mol. The van der Waals surface area contributed by atoms with Gasteiger partial charge in [-0.25, -0.2) is 4.79 Å². The summed E-state index contributed by atoms with van der Waals surface area (Å²) in [5.41, 5.74) is 2.78. The normalized spacial score (nSPS) is 17.0. The minimum atomic E-state index is -1.05. The Bertz CT molecular complexity index is 999. The van der Waals surface area contributed by atoms with E-state index in [9.17, 15) is 24.0 Å². The fourth-order valence-electron chi connectivity index (χ4n) is 5.68. The summed E-state index contributed by atoms with van der Waals surface area (Å²) in [5.74, 6) is -2.94. The van der Waals surface area contributed by atoms with Gasteiger partial charge in [0.2, 0.25) is 17.7 Å². The Morgan fingerprint density at radius 1 is 1.00 bits per heavy atom. The van der Waals surface area contributed by atoms with Crippen LogP contribution in [0.2, 0.25) is 0 Å². The minimum Gasteiger partial charge on any atom is -0.460 e. The summed E-state index contributed by atoms with van der Waals surface area (Å²) < 4.78 is 10.7. The summed E-state index contributed by atoms with van der Waals surface area (Å²) in [6, 6.07) is -1.62. The monoisotopic (exact) mass is 697 g/mol. The van der Waals surface area contributed by atoms with Crippen LogP contribution in [0.5, 0.6) is 0 Å². The van der Waals surface area contributed by atoms with Crippen LogP contribution in [0.15, 0.2) is 12.7 Å². The Labute approximate surface area is 298 Å². The van der Waals surface area contributed by atoms with Crippen LogP contribution in [0.1, 0.15) is 140 Å². The number of likely N-dealkylation sites (tertiary alicyclic amines) is 1. The van der Waals surface area contributed by atoms with Gasteiger partial charge in [0.1, 0.15) is 29.8 Å². The molecular formula is C38H72N4O7. The lowest BCUT2D eigenvalue weighted by Crippen LogP contribution is -2.58. The molecule has 0 bridgehead atoms. The van der Waals surface area contributed by atoms with Gasteiger partial charge >= 0.3 is 11.9 Å². The minimum absolute atomic E-state index is 0.0312. The van der Waals surface area contributed by atoms with E-state index in [1.807, 2.05) is 27.7 Å². The Morgan fingerprint density at radius 3 is 1.96 bits per heavy atom. The highest BCUT2D eigenvalue weighted by atomic mass is 16.6. The molecule has 2 fully saturated rings. The number of carbonyl (C=O) groups is 5.